The highest BCUT2D eigenvalue weighted by Gasteiger charge is 2.07. The largest absolute Gasteiger partial charge is 0.334 e. The maximum Gasteiger partial charge on any atom is 0.319 e. The lowest BCUT2D eigenvalue weighted by Crippen LogP contribution is -2.28. The van der Waals surface area contributed by atoms with E-state index in [4.69, 9.17) is 0 Å². The van der Waals surface area contributed by atoms with Crippen LogP contribution < -0.4 is 10.6 Å². The van der Waals surface area contributed by atoms with Gasteiger partial charge in [-0.25, -0.2) is 9.78 Å². The predicted molar refractivity (Wildman–Crippen MR) is 111 cm³/mol. The van der Waals surface area contributed by atoms with Crippen molar-refractivity contribution < 1.29 is 4.79 Å². The van der Waals surface area contributed by atoms with Crippen molar-refractivity contribution in [1.82, 2.24) is 24.6 Å². The van der Waals surface area contributed by atoms with Gasteiger partial charge in [-0.15, -0.1) is 0 Å². The number of nitrogens with zero attached hydrogens (tertiary/aromatic N) is 4. The number of carbonyl (C=O) groups is 1. The number of hydrogen-bond acceptors (Lipinski definition) is 3. The summed E-state index contributed by atoms with van der Waals surface area (Å²) in [7, 11) is 0. The molecule has 0 aliphatic rings. The molecule has 0 aliphatic heterocycles. The molecule has 7 nitrogen and oxygen atoms in total. The van der Waals surface area contributed by atoms with Crippen molar-refractivity contribution >= 4 is 11.7 Å². The zero-order valence-corrected chi connectivity index (χ0v) is 15.9. The minimum absolute atomic E-state index is 0.262. The van der Waals surface area contributed by atoms with Gasteiger partial charge in [-0.2, -0.15) is 5.10 Å². The lowest BCUT2D eigenvalue weighted by atomic mass is 10.1. The normalized spacial score (nSPS) is 10.6. The first-order valence-electron chi connectivity index (χ1n) is 9.40. The molecule has 4 aromatic rings. The highest BCUT2D eigenvalue weighted by Crippen LogP contribution is 2.11. The van der Waals surface area contributed by atoms with Crippen LogP contribution in [0.5, 0.6) is 0 Å². The molecule has 0 spiro atoms. The maximum atomic E-state index is 12.3. The highest BCUT2D eigenvalue weighted by atomic mass is 16.2. The molecule has 146 valence electrons. The van der Waals surface area contributed by atoms with Crippen LogP contribution in [0.25, 0.3) is 0 Å². The van der Waals surface area contributed by atoms with E-state index in [1.807, 2.05) is 65.5 Å². The van der Waals surface area contributed by atoms with Gasteiger partial charge in [0.15, 0.2) is 0 Å². The van der Waals surface area contributed by atoms with Gasteiger partial charge in [-0.3, -0.25) is 4.68 Å². The summed E-state index contributed by atoms with van der Waals surface area (Å²) in [5.74, 6) is 0. The Morgan fingerprint density at radius 2 is 1.76 bits per heavy atom. The van der Waals surface area contributed by atoms with Crippen LogP contribution in [0, 0.1) is 0 Å². The van der Waals surface area contributed by atoms with Crippen LogP contribution >= 0.6 is 0 Å². The second kappa shape index (κ2) is 8.88. The van der Waals surface area contributed by atoms with Crippen LogP contribution in [-0.4, -0.2) is 25.4 Å². The topological polar surface area (TPSA) is 76.8 Å². The molecule has 2 N–H and O–H groups in total. The van der Waals surface area contributed by atoms with Gasteiger partial charge in [0.25, 0.3) is 0 Å². The molecular formula is C22H22N6O. The van der Waals surface area contributed by atoms with Crippen molar-refractivity contribution in [2.45, 2.75) is 19.6 Å². The van der Waals surface area contributed by atoms with Gasteiger partial charge in [0.05, 0.1) is 24.8 Å². The molecule has 0 saturated carbocycles. The van der Waals surface area contributed by atoms with Crippen LogP contribution in [0.2, 0.25) is 0 Å². The smallest absolute Gasteiger partial charge is 0.319 e. The third kappa shape index (κ3) is 5.10. The summed E-state index contributed by atoms with van der Waals surface area (Å²) < 4.78 is 3.80. The van der Waals surface area contributed by atoms with Gasteiger partial charge in [0, 0.05) is 31.7 Å². The fourth-order valence-corrected chi connectivity index (χ4v) is 3.10. The fourth-order valence-electron chi connectivity index (χ4n) is 3.10. The molecular weight excluding hydrogens is 364 g/mol. The van der Waals surface area contributed by atoms with Gasteiger partial charge in [-0.05, 0) is 16.7 Å². The summed E-state index contributed by atoms with van der Waals surface area (Å²) in [5, 5.41) is 10.1. The van der Waals surface area contributed by atoms with Crippen molar-refractivity contribution in [2.75, 3.05) is 5.32 Å². The summed E-state index contributed by atoms with van der Waals surface area (Å²) in [5.41, 5.74) is 4.02. The van der Waals surface area contributed by atoms with Crippen LogP contribution in [0.4, 0.5) is 10.5 Å². The summed E-state index contributed by atoms with van der Waals surface area (Å²) >= 11 is 0. The third-order valence-corrected chi connectivity index (χ3v) is 4.55. The average molecular weight is 386 g/mol. The number of imidazole rings is 1. The van der Waals surface area contributed by atoms with Crippen LogP contribution in [0.3, 0.4) is 0 Å². The number of urea groups is 1. The van der Waals surface area contributed by atoms with Gasteiger partial charge < -0.3 is 15.2 Å². The van der Waals surface area contributed by atoms with Crippen molar-refractivity contribution in [1.29, 1.82) is 0 Å². The van der Waals surface area contributed by atoms with Crippen LogP contribution in [0.15, 0.2) is 85.7 Å². The average Bonchev–Trinajstić information content (AvgIpc) is 3.40. The number of anilines is 1. The van der Waals surface area contributed by atoms with Crippen LogP contribution in [-0.2, 0) is 19.6 Å². The molecule has 0 aliphatic carbocycles. The minimum atomic E-state index is -0.262. The molecule has 2 aromatic carbocycles. The molecule has 7 heteroatoms. The Balaban J connectivity index is 1.32. The monoisotopic (exact) mass is 386 g/mol. The van der Waals surface area contributed by atoms with Crippen molar-refractivity contribution in [3.8, 4) is 0 Å². The molecule has 2 amide bonds. The van der Waals surface area contributed by atoms with Gasteiger partial charge in [0.1, 0.15) is 0 Å². The summed E-state index contributed by atoms with van der Waals surface area (Å²) in [6.07, 6.45) is 8.93. The second-order valence-electron chi connectivity index (χ2n) is 6.72. The highest BCUT2D eigenvalue weighted by molar-refractivity contribution is 5.88. The van der Waals surface area contributed by atoms with E-state index in [0.29, 0.717) is 25.3 Å². The fraction of sp³-hybridized carbons (Fsp3) is 0.136. The lowest BCUT2D eigenvalue weighted by Gasteiger charge is -2.11. The van der Waals surface area contributed by atoms with Gasteiger partial charge >= 0.3 is 6.03 Å². The Kier molecular flexibility index (Phi) is 5.66. The molecule has 0 atom stereocenters. The van der Waals surface area contributed by atoms with E-state index in [9.17, 15) is 4.79 Å². The SMILES string of the molecule is O=C(NCc1ccccc1Cn1ccnc1)Nc1cnn(Cc2ccccc2)c1. The van der Waals surface area contributed by atoms with E-state index in [-0.39, 0.29) is 6.03 Å². The molecule has 29 heavy (non-hydrogen) atoms. The number of benzene rings is 2. The Hall–Kier alpha value is -3.87. The van der Waals surface area contributed by atoms with E-state index in [0.717, 1.165) is 16.7 Å². The zero-order chi connectivity index (χ0) is 19.9. The predicted octanol–water partition coefficient (Wildman–Crippen LogP) is 3.50. The first kappa shape index (κ1) is 18.5. The van der Waals surface area contributed by atoms with Crippen molar-refractivity contribution in [3.05, 3.63) is 102 Å². The first-order chi connectivity index (χ1) is 14.3. The van der Waals surface area contributed by atoms with E-state index < -0.39 is 0 Å². The second-order valence-corrected chi connectivity index (χ2v) is 6.72. The molecule has 0 radical (unpaired) electrons. The molecule has 0 fully saturated rings. The van der Waals surface area contributed by atoms with Crippen LogP contribution in [0.1, 0.15) is 16.7 Å². The Morgan fingerprint density at radius 3 is 2.55 bits per heavy atom. The van der Waals surface area contributed by atoms with Gasteiger partial charge in [0.2, 0.25) is 0 Å². The van der Waals surface area contributed by atoms with Crippen molar-refractivity contribution in [3.63, 3.8) is 0 Å². The zero-order valence-electron chi connectivity index (χ0n) is 15.9. The Bertz CT molecular complexity index is 1060. The quantitative estimate of drug-likeness (QED) is 0.510. The molecule has 0 bridgehead atoms. The maximum absolute atomic E-state index is 12.3. The lowest BCUT2D eigenvalue weighted by molar-refractivity contribution is 0.251. The number of hydrogen-bond donors (Lipinski definition) is 2. The molecule has 4 rings (SSSR count). The molecule has 0 unspecified atom stereocenters. The summed E-state index contributed by atoms with van der Waals surface area (Å²) in [4.78, 5) is 16.4. The summed E-state index contributed by atoms with van der Waals surface area (Å²) in [6.45, 7) is 1.81. The first-order valence-corrected chi connectivity index (χ1v) is 9.40. The number of amides is 2. The van der Waals surface area contributed by atoms with E-state index in [2.05, 4.69) is 26.8 Å². The number of aromatic nitrogens is 4. The van der Waals surface area contributed by atoms with Gasteiger partial charge in [-0.1, -0.05) is 54.6 Å². The molecule has 2 heterocycles. The minimum Gasteiger partial charge on any atom is -0.334 e. The Morgan fingerprint density at radius 1 is 0.966 bits per heavy atom. The van der Waals surface area contributed by atoms with E-state index >= 15 is 0 Å². The standard InChI is InChI=1S/C22H22N6O/c29-22(26-21-13-25-28(16-21)14-18-6-2-1-3-7-18)24-12-19-8-4-5-9-20(19)15-27-11-10-23-17-27/h1-11,13,16-17H,12,14-15H2,(H2,24,26,29). The number of carbonyl (C=O) groups excluding carboxylic acids is 1. The number of rotatable bonds is 7. The van der Waals surface area contributed by atoms with E-state index in [1.54, 1.807) is 23.4 Å². The summed E-state index contributed by atoms with van der Waals surface area (Å²) in [6, 6.07) is 17.8. The van der Waals surface area contributed by atoms with Crippen molar-refractivity contribution in [2.24, 2.45) is 0 Å². The third-order valence-electron chi connectivity index (χ3n) is 4.55. The van der Waals surface area contributed by atoms with E-state index in [1.165, 1.54) is 0 Å². The number of nitrogens with one attached hydrogen (secondary N) is 2. The molecule has 0 saturated heterocycles. The molecule has 2 aromatic heterocycles. The Labute approximate surface area is 169 Å².